The third kappa shape index (κ3) is 3.52. The fourth-order valence-electron chi connectivity index (χ4n) is 2.84. The van der Waals surface area contributed by atoms with E-state index in [1.807, 2.05) is 30.3 Å². The predicted molar refractivity (Wildman–Crippen MR) is 102 cm³/mol. The van der Waals surface area contributed by atoms with Crippen molar-refractivity contribution >= 4 is 23.7 Å². The molecule has 27 heavy (non-hydrogen) atoms. The zero-order chi connectivity index (χ0) is 18.8. The number of carbonyl (C=O) groups is 1. The van der Waals surface area contributed by atoms with Crippen LogP contribution in [-0.4, -0.2) is 30.9 Å². The number of rotatable bonds is 5. The Labute approximate surface area is 159 Å². The largest absolute Gasteiger partial charge is 0.508 e. The van der Waals surface area contributed by atoms with Gasteiger partial charge in [-0.15, -0.1) is 5.10 Å². The fraction of sp³-hybridized carbons (Fsp3) is 0.105. The minimum Gasteiger partial charge on any atom is -0.508 e. The van der Waals surface area contributed by atoms with Crippen LogP contribution in [0.25, 0.3) is 0 Å². The average Bonchev–Trinajstić information content (AvgIpc) is 3.10. The number of carboxylic acids is 1. The van der Waals surface area contributed by atoms with Crippen LogP contribution in [-0.2, 0) is 10.5 Å². The molecule has 7 nitrogen and oxygen atoms in total. The maximum absolute atomic E-state index is 11.5. The Kier molecular flexibility index (Phi) is 4.55. The van der Waals surface area contributed by atoms with Crippen molar-refractivity contribution in [3.63, 3.8) is 0 Å². The number of benzene rings is 2. The zero-order valence-electron chi connectivity index (χ0n) is 14.1. The Morgan fingerprint density at radius 1 is 1.15 bits per heavy atom. The van der Waals surface area contributed by atoms with Crippen molar-refractivity contribution in [2.24, 2.45) is 0 Å². The van der Waals surface area contributed by atoms with E-state index in [2.05, 4.69) is 15.4 Å². The van der Waals surface area contributed by atoms with Crippen LogP contribution in [0.5, 0.6) is 5.75 Å². The van der Waals surface area contributed by atoms with Crippen LogP contribution >= 0.6 is 11.8 Å². The third-order valence-corrected chi connectivity index (χ3v) is 5.05. The second-order valence-electron chi connectivity index (χ2n) is 5.95. The van der Waals surface area contributed by atoms with Gasteiger partial charge < -0.3 is 15.5 Å². The number of hydrogen-bond donors (Lipinski definition) is 3. The second kappa shape index (κ2) is 7.16. The maximum atomic E-state index is 11.5. The molecule has 0 radical (unpaired) electrons. The Morgan fingerprint density at radius 3 is 2.63 bits per heavy atom. The molecule has 8 heteroatoms. The first-order valence-electron chi connectivity index (χ1n) is 8.25. The molecule has 0 aliphatic carbocycles. The van der Waals surface area contributed by atoms with Gasteiger partial charge in [0.2, 0.25) is 11.1 Å². The highest BCUT2D eigenvalue weighted by atomic mass is 32.2. The van der Waals surface area contributed by atoms with E-state index in [1.165, 1.54) is 17.8 Å². The highest BCUT2D eigenvalue weighted by Crippen LogP contribution is 2.34. The van der Waals surface area contributed by atoms with Crippen LogP contribution in [0.3, 0.4) is 0 Å². The number of nitrogens with zero attached hydrogens (tertiary/aromatic N) is 3. The molecule has 0 saturated carbocycles. The minimum atomic E-state index is -1.09. The van der Waals surface area contributed by atoms with Gasteiger partial charge in [0, 0.05) is 11.3 Å². The summed E-state index contributed by atoms with van der Waals surface area (Å²) >= 11 is 1.46. The SMILES string of the molecule is O=C(O)C1=C[C@H](c2ccccc2O)n2nc(SCc3ccccc3)nc2N1. The van der Waals surface area contributed by atoms with Gasteiger partial charge in [-0.25, -0.2) is 9.48 Å². The molecule has 0 bridgehead atoms. The number of fused-ring (bicyclic) bond motifs is 1. The summed E-state index contributed by atoms with van der Waals surface area (Å²) in [6.45, 7) is 0. The van der Waals surface area contributed by atoms with E-state index in [-0.39, 0.29) is 11.4 Å². The molecule has 1 aliphatic rings. The lowest BCUT2D eigenvalue weighted by molar-refractivity contribution is -0.132. The standard InChI is InChI=1S/C19H16N4O3S/c24-16-9-5-4-8-13(16)15-10-14(17(25)26)20-18-21-19(22-23(15)18)27-11-12-6-2-1-3-7-12/h1-10,15,24H,11H2,(H,25,26)(H,20,21,22)/t15-/m1/s1. The topological polar surface area (TPSA) is 100 Å². The molecule has 0 unspecified atom stereocenters. The summed E-state index contributed by atoms with van der Waals surface area (Å²) in [5.74, 6) is 0.0114. The Bertz CT molecular complexity index is 1020. The second-order valence-corrected chi connectivity index (χ2v) is 6.89. The summed E-state index contributed by atoms with van der Waals surface area (Å²) < 4.78 is 1.59. The van der Waals surface area contributed by atoms with Gasteiger partial charge in [-0.2, -0.15) is 4.98 Å². The molecular formula is C19H16N4O3S. The van der Waals surface area contributed by atoms with Gasteiger partial charge in [0.1, 0.15) is 17.5 Å². The van der Waals surface area contributed by atoms with Crippen LogP contribution in [0, 0.1) is 0 Å². The van der Waals surface area contributed by atoms with Gasteiger partial charge in [-0.3, -0.25) is 0 Å². The van der Waals surface area contributed by atoms with Crippen molar-refractivity contribution in [1.82, 2.24) is 14.8 Å². The first-order chi connectivity index (χ1) is 13.1. The van der Waals surface area contributed by atoms with Gasteiger partial charge in [-0.05, 0) is 17.7 Å². The fourth-order valence-corrected chi connectivity index (χ4v) is 3.63. The summed E-state index contributed by atoms with van der Waals surface area (Å²) in [4.78, 5) is 15.9. The Balaban J connectivity index is 1.66. The lowest BCUT2D eigenvalue weighted by Crippen LogP contribution is -2.24. The predicted octanol–water partition coefficient (Wildman–Crippen LogP) is 3.26. The molecule has 0 fully saturated rings. The van der Waals surface area contributed by atoms with E-state index < -0.39 is 12.0 Å². The van der Waals surface area contributed by atoms with Crippen molar-refractivity contribution < 1.29 is 15.0 Å². The number of aromatic nitrogens is 3. The summed E-state index contributed by atoms with van der Waals surface area (Å²) in [6, 6.07) is 16.2. The molecule has 1 aliphatic heterocycles. The summed E-state index contributed by atoms with van der Waals surface area (Å²) in [5, 5.41) is 27.4. The van der Waals surface area contributed by atoms with Crippen LogP contribution in [0.2, 0.25) is 0 Å². The summed E-state index contributed by atoms with van der Waals surface area (Å²) in [6.07, 6.45) is 1.52. The van der Waals surface area contributed by atoms with E-state index in [9.17, 15) is 15.0 Å². The number of para-hydroxylation sites is 1. The van der Waals surface area contributed by atoms with Crippen molar-refractivity contribution in [3.8, 4) is 5.75 Å². The first-order valence-corrected chi connectivity index (χ1v) is 9.23. The van der Waals surface area contributed by atoms with E-state index >= 15 is 0 Å². The molecule has 136 valence electrons. The van der Waals surface area contributed by atoms with Gasteiger partial charge in [0.05, 0.1) is 0 Å². The van der Waals surface area contributed by atoms with Crippen LogP contribution in [0.1, 0.15) is 17.2 Å². The van der Waals surface area contributed by atoms with Gasteiger partial charge in [0.15, 0.2) is 0 Å². The molecule has 3 N–H and O–H groups in total. The number of nitrogens with one attached hydrogen (secondary N) is 1. The lowest BCUT2D eigenvalue weighted by Gasteiger charge is -2.22. The number of aromatic hydroxyl groups is 1. The Hall–Kier alpha value is -3.26. The number of carboxylic acid groups (broad SMARTS) is 1. The maximum Gasteiger partial charge on any atom is 0.352 e. The summed E-state index contributed by atoms with van der Waals surface area (Å²) in [7, 11) is 0. The van der Waals surface area contributed by atoms with Crippen molar-refractivity contribution in [2.75, 3.05) is 5.32 Å². The molecule has 0 amide bonds. The zero-order valence-corrected chi connectivity index (χ0v) is 14.9. The minimum absolute atomic E-state index is 0.00256. The Morgan fingerprint density at radius 2 is 1.89 bits per heavy atom. The smallest absolute Gasteiger partial charge is 0.352 e. The highest BCUT2D eigenvalue weighted by Gasteiger charge is 2.28. The quantitative estimate of drug-likeness (QED) is 0.584. The molecule has 3 aromatic rings. The number of aliphatic carboxylic acids is 1. The molecule has 0 saturated heterocycles. The number of thioether (sulfide) groups is 1. The van der Waals surface area contributed by atoms with Crippen LogP contribution in [0.15, 0.2) is 71.5 Å². The monoisotopic (exact) mass is 380 g/mol. The van der Waals surface area contributed by atoms with Crippen LogP contribution < -0.4 is 5.32 Å². The number of anilines is 1. The molecule has 1 aromatic heterocycles. The summed E-state index contributed by atoms with van der Waals surface area (Å²) in [5.41, 5.74) is 1.70. The van der Waals surface area contributed by atoms with Crippen molar-refractivity contribution in [3.05, 3.63) is 77.5 Å². The van der Waals surface area contributed by atoms with Gasteiger partial charge >= 0.3 is 5.97 Å². The van der Waals surface area contributed by atoms with E-state index in [0.717, 1.165) is 5.56 Å². The molecule has 2 aromatic carbocycles. The van der Waals surface area contributed by atoms with Crippen molar-refractivity contribution in [1.29, 1.82) is 0 Å². The number of phenols is 1. The number of phenolic OH excluding ortho intramolecular Hbond substituents is 1. The third-order valence-electron chi connectivity index (χ3n) is 4.14. The van der Waals surface area contributed by atoms with E-state index in [4.69, 9.17) is 0 Å². The molecular weight excluding hydrogens is 364 g/mol. The first kappa shape index (κ1) is 17.2. The number of allylic oxidation sites excluding steroid dienone is 1. The molecule has 1 atom stereocenters. The lowest BCUT2D eigenvalue weighted by atomic mass is 10.0. The van der Waals surface area contributed by atoms with Crippen molar-refractivity contribution in [2.45, 2.75) is 17.0 Å². The van der Waals surface area contributed by atoms with Gasteiger partial charge in [-0.1, -0.05) is 60.3 Å². The molecule has 4 rings (SSSR count). The number of hydrogen-bond acceptors (Lipinski definition) is 6. The molecule has 2 heterocycles. The molecule has 0 spiro atoms. The van der Waals surface area contributed by atoms with E-state index in [0.29, 0.717) is 22.4 Å². The van der Waals surface area contributed by atoms with E-state index in [1.54, 1.807) is 28.9 Å². The van der Waals surface area contributed by atoms with Crippen LogP contribution in [0.4, 0.5) is 5.95 Å². The average molecular weight is 380 g/mol. The van der Waals surface area contributed by atoms with Gasteiger partial charge in [0.25, 0.3) is 0 Å². The normalized spacial score (nSPS) is 15.6. The highest BCUT2D eigenvalue weighted by molar-refractivity contribution is 7.98.